The Balaban J connectivity index is 1.25. The predicted molar refractivity (Wildman–Crippen MR) is 197 cm³/mol. The van der Waals surface area contributed by atoms with E-state index in [9.17, 15) is 0 Å². The molecule has 220 valence electrons. The van der Waals surface area contributed by atoms with Crippen LogP contribution in [0.4, 0.5) is 0 Å². The molecule has 0 fully saturated rings. The van der Waals surface area contributed by atoms with Crippen molar-refractivity contribution in [3.05, 3.63) is 176 Å². The van der Waals surface area contributed by atoms with E-state index in [2.05, 4.69) is 190 Å². The van der Waals surface area contributed by atoms with Gasteiger partial charge in [0.2, 0.25) is 0 Å². The summed E-state index contributed by atoms with van der Waals surface area (Å²) in [4.78, 5) is 0. The monoisotopic (exact) mass is 599 g/mol. The van der Waals surface area contributed by atoms with Crippen LogP contribution in [-0.4, -0.2) is 13.7 Å². The highest BCUT2D eigenvalue weighted by Crippen LogP contribution is 2.42. The van der Waals surface area contributed by atoms with Crippen LogP contribution in [0.1, 0.15) is 0 Å². The molecular formula is C44H29N3. The van der Waals surface area contributed by atoms with Gasteiger partial charge in [0.25, 0.3) is 0 Å². The van der Waals surface area contributed by atoms with E-state index in [1.165, 1.54) is 71.3 Å². The molecule has 10 rings (SSSR count). The molecule has 0 spiro atoms. The molecule has 0 radical (unpaired) electrons. The number of nitrogens with zero attached hydrogens (tertiary/aromatic N) is 3. The average Bonchev–Trinajstić information content (AvgIpc) is 3.80. The zero-order valence-corrected chi connectivity index (χ0v) is 25.6. The van der Waals surface area contributed by atoms with Crippen LogP contribution in [0.15, 0.2) is 176 Å². The van der Waals surface area contributed by atoms with Crippen LogP contribution in [0.2, 0.25) is 0 Å². The molecule has 0 bridgehead atoms. The van der Waals surface area contributed by atoms with Gasteiger partial charge in [0, 0.05) is 55.8 Å². The largest absolute Gasteiger partial charge is 0.316 e. The summed E-state index contributed by atoms with van der Waals surface area (Å²) in [6.45, 7) is 0. The van der Waals surface area contributed by atoms with Crippen molar-refractivity contribution < 1.29 is 0 Å². The Morgan fingerprint density at radius 1 is 0.319 bits per heavy atom. The van der Waals surface area contributed by atoms with Crippen LogP contribution in [-0.2, 0) is 0 Å². The molecular weight excluding hydrogens is 571 g/mol. The smallest absolute Gasteiger partial charge is 0.0548 e. The van der Waals surface area contributed by atoms with Crippen LogP contribution in [0, 0.1) is 0 Å². The summed E-state index contributed by atoms with van der Waals surface area (Å²) in [5, 5.41) is 6.34. The molecule has 0 N–H and O–H groups in total. The average molecular weight is 600 g/mol. The lowest BCUT2D eigenvalue weighted by Crippen LogP contribution is -1.98. The lowest BCUT2D eigenvalue weighted by molar-refractivity contribution is 1.10. The van der Waals surface area contributed by atoms with Gasteiger partial charge in [-0.1, -0.05) is 109 Å². The predicted octanol–water partition coefficient (Wildman–Crippen LogP) is 11.5. The third-order valence-electron chi connectivity index (χ3n) is 9.65. The standard InChI is InChI=1S/C44H29N3/c1-3-14-30(15-4-1)37-29-45(38-23-10-7-20-34(37)38)32-18-13-19-33(28-32)47-40-25-12-9-22-36(40)44-42(47)27-26-41-43(44)35-21-8-11-24-39(35)46(41)31-16-5-2-6-17-31/h1-29H. The van der Waals surface area contributed by atoms with Crippen molar-refractivity contribution >= 4 is 54.5 Å². The van der Waals surface area contributed by atoms with Crippen molar-refractivity contribution in [2.45, 2.75) is 0 Å². The highest BCUT2D eigenvalue weighted by Gasteiger charge is 2.20. The second-order valence-electron chi connectivity index (χ2n) is 12.2. The van der Waals surface area contributed by atoms with Crippen molar-refractivity contribution in [3.8, 4) is 28.2 Å². The zero-order chi connectivity index (χ0) is 30.9. The first kappa shape index (κ1) is 26.0. The number of aromatic nitrogens is 3. The van der Waals surface area contributed by atoms with Gasteiger partial charge in [-0.3, -0.25) is 0 Å². The molecule has 0 aliphatic rings. The lowest BCUT2D eigenvalue weighted by Gasteiger charge is -2.12. The van der Waals surface area contributed by atoms with Gasteiger partial charge in [-0.15, -0.1) is 0 Å². The zero-order valence-electron chi connectivity index (χ0n) is 25.6. The first-order chi connectivity index (χ1) is 23.3. The van der Waals surface area contributed by atoms with E-state index in [-0.39, 0.29) is 0 Å². The summed E-state index contributed by atoms with van der Waals surface area (Å²) in [5.41, 5.74) is 11.9. The summed E-state index contributed by atoms with van der Waals surface area (Å²) in [6.07, 6.45) is 2.28. The molecule has 47 heavy (non-hydrogen) atoms. The van der Waals surface area contributed by atoms with Gasteiger partial charge in [-0.25, -0.2) is 0 Å². The molecule has 0 saturated carbocycles. The van der Waals surface area contributed by atoms with Crippen LogP contribution < -0.4 is 0 Å². The van der Waals surface area contributed by atoms with Gasteiger partial charge in [0.05, 0.1) is 27.6 Å². The van der Waals surface area contributed by atoms with E-state index in [1.54, 1.807) is 0 Å². The minimum Gasteiger partial charge on any atom is -0.316 e. The minimum absolute atomic E-state index is 1.13. The van der Waals surface area contributed by atoms with E-state index < -0.39 is 0 Å². The summed E-state index contributed by atoms with van der Waals surface area (Å²) >= 11 is 0. The van der Waals surface area contributed by atoms with Gasteiger partial charge in [0.15, 0.2) is 0 Å². The van der Waals surface area contributed by atoms with Crippen LogP contribution in [0.3, 0.4) is 0 Å². The fraction of sp³-hybridized carbons (Fsp3) is 0. The number of hydrogen-bond donors (Lipinski definition) is 0. The summed E-state index contributed by atoms with van der Waals surface area (Å²) in [7, 11) is 0. The number of hydrogen-bond acceptors (Lipinski definition) is 0. The highest BCUT2D eigenvalue weighted by atomic mass is 15.0. The maximum absolute atomic E-state index is 2.44. The van der Waals surface area contributed by atoms with Crippen molar-refractivity contribution in [1.29, 1.82) is 0 Å². The Kier molecular flexibility index (Phi) is 5.57. The third-order valence-corrected chi connectivity index (χ3v) is 9.65. The number of rotatable bonds is 4. The Morgan fingerprint density at radius 3 is 1.47 bits per heavy atom. The van der Waals surface area contributed by atoms with Crippen molar-refractivity contribution in [2.75, 3.05) is 0 Å². The van der Waals surface area contributed by atoms with Gasteiger partial charge in [0.1, 0.15) is 0 Å². The minimum atomic E-state index is 1.13. The normalized spacial score (nSPS) is 11.8. The molecule has 3 aromatic heterocycles. The molecule has 0 atom stereocenters. The molecule has 10 aromatic rings. The topological polar surface area (TPSA) is 14.8 Å². The highest BCUT2D eigenvalue weighted by molar-refractivity contribution is 6.28. The summed E-state index contributed by atoms with van der Waals surface area (Å²) < 4.78 is 7.17. The van der Waals surface area contributed by atoms with E-state index in [0.717, 1.165) is 11.4 Å². The lowest BCUT2D eigenvalue weighted by atomic mass is 10.1. The van der Waals surface area contributed by atoms with Gasteiger partial charge < -0.3 is 13.7 Å². The Labute approximate surface area is 271 Å². The molecule has 0 saturated heterocycles. The van der Waals surface area contributed by atoms with E-state index in [4.69, 9.17) is 0 Å². The van der Waals surface area contributed by atoms with E-state index in [0.29, 0.717) is 0 Å². The first-order valence-electron chi connectivity index (χ1n) is 16.1. The molecule has 0 aliphatic carbocycles. The fourth-order valence-electron chi connectivity index (χ4n) is 7.67. The molecule has 3 heteroatoms. The van der Waals surface area contributed by atoms with Crippen LogP contribution in [0.5, 0.6) is 0 Å². The first-order valence-corrected chi connectivity index (χ1v) is 16.1. The molecule has 0 amide bonds. The number of benzene rings is 7. The Hall–Kier alpha value is -6.32. The SMILES string of the molecule is c1ccc(-c2cn(-c3cccc(-n4c5ccccc5c5c6c7ccccc7n(-c7ccccc7)c6ccc54)c3)c3ccccc23)cc1. The number of fused-ring (bicyclic) bond motifs is 8. The van der Waals surface area contributed by atoms with Gasteiger partial charge in [-0.05, 0) is 66.2 Å². The fourth-order valence-corrected chi connectivity index (χ4v) is 7.67. The van der Waals surface area contributed by atoms with Crippen molar-refractivity contribution in [2.24, 2.45) is 0 Å². The molecule has 0 aliphatic heterocycles. The van der Waals surface area contributed by atoms with Crippen molar-refractivity contribution in [3.63, 3.8) is 0 Å². The quantitative estimate of drug-likeness (QED) is 0.191. The molecule has 7 aromatic carbocycles. The number of para-hydroxylation sites is 4. The Bertz CT molecular complexity index is 2780. The van der Waals surface area contributed by atoms with E-state index >= 15 is 0 Å². The third kappa shape index (κ3) is 3.81. The van der Waals surface area contributed by atoms with Crippen LogP contribution >= 0.6 is 0 Å². The maximum atomic E-state index is 2.44. The van der Waals surface area contributed by atoms with Crippen molar-refractivity contribution in [1.82, 2.24) is 13.7 Å². The summed E-state index contributed by atoms with van der Waals surface area (Å²) in [6, 6.07) is 61.3. The Morgan fingerprint density at radius 2 is 0.809 bits per heavy atom. The molecule has 3 heterocycles. The molecule has 0 unspecified atom stereocenters. The summed E-state index contributed by atoms with van der Waals surface area (Å²) in [5.74, 6) is 0. The second-order valence-corrected chi connectivity index (χ2v) is 12.2. The molecule has 3 nitrogen and oxygen atoms in total. The van der Waals surface area contributed by atoms with E-state index in [1.807, 2.05) is 0 Å². The van der Waals surface area contributed by atoms with Crippen LogP contribution in [0.25, 0.3) is 82.7 Å². The maximum Gasteiger partial charge on any atom is 0.0548 e. The second kappa shape index (κ2) is 10.1. The van der Waals surface area contributed by atoms with Gasteiger partial charge in [-0.2, -0.15) is 0 Å². The van der Waals surface area contributed by atoms with Gasteiger partial charge >= 0.3 is 0 Å².